The average molecular weight is 334 g/mol. The molecule has 0 atom stereocenters. The van der Waals surface area contributed by atoms with Crippen molar-refractivity contribution in [2.75, 3.05) is 19.5 Å². The van der Waals surface area contributed by atoms with Gasteiger partial charge in [0, 0.05) is 18.3 Å². The summed E-state index contributed by atoms with van der Waals surface area (Å²) in [5.41, 5.74) is 2.04. The molecule has 7 heteroatoms. The maximum Gasteiger partial charge on any atom is 0.264 e. The van der Waals surface area contributed by atoms with E-state index in [9.17, 15) is 13.2 Å². The SMILES string of the molecule is CON(C)S(=O)(=O)c1ccc(NC(=O)c2cccc(C)c2)cc1. The Morgan fingerprint density at radius 2 is 1.78 bits per heavy atom. The molecule has 0 unspecified atom stereocenters. The van der Waals surface area contributed by atoms with Crippen LogP contribution in [0.3, 0.4) is 0 Å². The highest BCUT2D eigenvalue weighted by Crippen LogP contribution is 2.18. The number of carbonyl (C=O) groups excluding carboxylic acids is 1. The summed E-state index contributed by atoms with van der Waals surface area (Å²) in [6.45, 7) is 1.91. The number of carbonyl (C=O) groups is 1. The normalized spacial score (nSPS) is 11.5. The fourth-order valence-electron chi connectivity index (χ4n) is 1.95. The van der Waals surface area contributed by atoms with Crippen molar-refractivity contribution in [1.29, 1.82) is 0 Å². The summed E-state index contributed by atoms with van der Waals surface area (Å²) in [4.78, 5) is 16.9. The number of sulfonamides is 1. The largest absolute Gasteiger partial charge is 0.322 e. The second-order valence-electron chi connectivity index (χ2n) is 4.95. The zero-order valence-corrected chi connectivity index (χ0v) is 13.9. The lowest BCUT2D eigenvalue weighted by atomic mass is 10.1. The number of hydroxylamine groups is 1. The van der Waals surface area contributed by atoms with Crippen LogP contribution in [0, 0.1) is 6.92 Å². The van der Waals surface area contributed by atoms with E-state index in [0.29, 0.717) is 11.3 Å². The van der Waals surface area contributed by atoms with Gasteiger partial charge in [-0.05, 0) is 43.3 Å². The Hall–Kier alpha value is -2.22. The van der Waals surface area contributed by atoms with Crippen molar-refractivity contribution in [1.82, 2.24) is 4.47 Å². The summed E-state index contributed by atoms with van der Waals surface area (Å²) < 4.78 is 24.9. The molecule has 0 spiro atoms. The lowest BCUT2D eigenvalue weighted by molar-refractivity contribution is -0.0258. The summed E-state index contributed by atoms with van der Waals surface area (Å²) in [5.74, 6) is -0.252. The molecular weight excluding hydrogens is 316 g/mol. The van der Waals surface area contributed by atoms with Crippen LogP contribution in [0.1, 0.15) is 15.9 Å². The Morgan fingerprint density at radius 3 is 2.35 bits per heavy atom. The van der Waals surface area contributed by atoms with E-state index in [2.05, 4.69) is 5.32 Å². The van der Waals surface area contributed by atoms with E-state index in [4.69, 9.17) is 4.84 Å². The van der Waals surface area contributed by atoms with Crippen molar-refractivity contribution in [2.45, 2.75) is 11.8 Å². The molecule has 2 rings (SSSR count). The van der Waals surface area contributed by atoms with Crippen molar-refractivity contribution < 1.29 is 18.0 Å². The third-order valence-electron chi connectivity index (χ3n) is 3.29. The fraction of sp³-hybridized carbons (Fsp3) is 0.188. The molecule has 0 aliphatic carbocycles. The Balaban J connectivity index is 2.16. The second kappa shape index (κ2) is 6.91. The number of benzene rings is 2. The van der Waals surface area contributed by atoms with Gasteiger partial charge in [-0.1, -0.05) is 22.2 Å². The van der Waals surface area contributed by atoms with Crippen LogP contribution in [-0.2, 0) is 14.9 Å². The number of hydrogen-bond acceptors (Lipinski definition) is 4. The van der Waals surface area contributed by atoms with Crippen molar-refractivity contribution in [3.63, 3.8) is 0 Å². The number of aryl methyl sites for hydroxylation is 1. The summed E-state index contributed by atoms with van der Waals surface area (Å²) in [6.07, 6.45) is 0. The Bertz CT molecular complexity index is 801. The van der Waals surface area contributed by atoms with Crippen LogP contribution >= 0.6 is 0 Å². The first kappa shape index (κ1) is 17.1. The van der Waals surface area contributed by atoms with Gasteiger partial charge < -0.3 is 5.32 Å². The van der Waals surface area contributed by atoms with Crippen LogP contribution in [0.5, 0.6) is 0 Å². The van der Waals surface area contributed by atoms with E-state index in [1.165, 1.54) is 38.4 Å². The minimum absolute atomic E-state index is 0.0791. The van der Waals surface area contributed by atoms with Gasteiger partial charge in [0.25, 0.3) is 15.9 Å². The molecule has 0 heterocycles. The summed E-state index contributed by atoms with van der Waals surface area (Å²) in [7, 11) is -1.11. The third-order valence-corrected chi connectivity index (χ3v) is 4.98. The topological polar surface area (TPSA) is 75.7 Å². The van der Waals surface area contributed by atoms with Crippen molar-refractivity contribution in [3.8, 4) is 0 Å². The van der Waals surface area contributed by atoms with E-state index in [-0.39, 0.29) is 10.8 Å². The highest BCUT2D eigenvalue weighted by atomic mass is 32.2. The van der Waals surface area contributed by atoms with Crippen LogP contribution < -0.4 is 5.32 Å². The molecule has 0 aliphatic heterocycles. The maximum atomic E-state index is 12.1. The summed E-state index contributed by atoms with van der Waals surface area (Å²) >= 11 is 0. The standard InChI is InChI=1S/C16H18N2O4S/c1-12-5-4-6-13(11-12)16(19)17-14-7-9-15(10-8-14)23(20,21)18(2)22-3/h4-11H,1-3H3,(H,17,19). The molecule has 0 fully saturated rings. The Morgan fingerprint density at radius 1 is 1.13 bits per heavy atom. The van der Waals surface area contributed by atoms with Gasteiger partial charge in [0.1, 0.15) is 0 Å². The van der Waals surface area contributed by atoms with Gasteiger partial charge in [0.2, 0.25) is 0 Å². The highest BCUT2D eigenvalue weighted by Gasteiger charge is 2.20. The monoisotopic (exact) mass is 334 g/mol. The molecule has 6 nitrogen and oxygen atoms in total. The number of rotatable bonds is 5. The van der Waals surface area contributed by atoms with Gasteiger partial charge in [0.15, 0.2) is 0 Å². The first-order valence-electron chi connectivity index (χ1n) is 6.85. The molecule has 2 aromatic rings. The number of anilines is 1. The molecule has 0 saturated carbocycles. The average Bonchev–Trinajstić information content (AvgIpc) is 2.54. The zero-order chi connectivity index (χ0) is 17.0. The first-order chi connectivity index (χ1) is 10.8. The van der Waals surface area contributed by atoms with Crippen LogP contribution in [-0.4, -0.2) is 33.0 Å². The molecule has 122 valence electrons. The third kappa shape index (κ3) is 3.95. The minimum Gasteiger partial charge on any atom is -0.322 e. The number of nitrogens with one attached hydrogen (secondary N) is 1. The zero-order valence-electron chi connectivity index (χ0n) is 13.1. The maximum absolute atomic E-state index is 12.1. The van der Waals surface area contributed by atoms with Crippen molar-refractivity contribution >= 4 is 21.6 Å². The van der Waals surface area contributed by atoms with Crippen molar-refractivity contribution in [2.24, 2.45) is 0 Å². The van der Waals surface area contributed by atoms with E-state index >= 15 is 0 Å². The molecule has 1 amide bonds. The minimum atomic E-state index is -3.69. The second-order valence-corrected chi connectivity index (χ2v) is 6.88. The fourth-order valence-corrected chi connectivity index (χ4v) is 2.92. The van der Waals surface area contributed by atoms with E-state index in [1.54, 1.807) is 18.2 Å². The van der Waals surface area contributed by atoms with Gasteiger partial charge in [-0.15, -0.1) is 0 Å². The molecule has 0 radical (unpaired) electrons. The summed E-state index contributed by atoms with van der Waals surface area (Å²) in [5, 5.41) is 2.73. The van der Waals surface area contributed by atoms with Crippen LogP contribution in [0.15, 0.2) is 53.4 Å². The number of hydrogen-bond donors (Lipinski definition) is 1. The quantitative estimate of drug-likeness (QED) is 0.852. The number of nitrogens with zero attached hydrogens (tertiary/aromatic N) is 1. The van der Waals surface area contributed by atoms with Gasteiger partial charge in [-0.3, -0.25) is 9.63 Å². The Labute approximate surface area is 135 Å². The van der Waals surface area contributed by atoms with Crippen LogP contribution in [0.4, 0.5) is 5.69 Å². The molecule has 0 saturated heterocycles. The molecular formula is C16H18N2O4S. The van der Waals surface area contributed by atoms with Gasteiger partial charge >= 0.3 is 0 Å². The smallest absolute Gasteiger partial charge is 0.264 e. The lowest BCUT2D eigenvalue weighted by Crippen LogP contribution is -2.25. The molecule has 0 aliphatic rings. The molecule has 23 heavy (non-hydrogen) atoms. The Kier molecular flexibility index (Phi) is 5.15. The van der Waals surface area contributed by atoms with E-state index in [0.717, 1.165) is 10.0 Å². The van der Waals surface area contributed by atoms with Crippen LogP contribution in [0.25, 0.3) is 0 Å². The number of amides is 1. The van der Waals surface area contributed by atoms with Gasteiger partial charge in [0.05, 0.1) is 12.0 Å². The summed E-state index contributed by atoms with van der Waals surface area (Å²) in [6, 6.07) is 13.1. The molecule has 2 aromatic carbocycles. The van der Waals surface area contributed by atoms with Crippen LogP contribution in [0.2, 0.25) is 0 Å². The van der Waals surface area contributed by atoms with E-state index in [1.807, 2.05) is 13.0 Å². The van der Waals surface area contributed by atoms with Crippen molar-refractivity contribution in [3.05, 3.63) is 59.7 Å². The first-order valence-corrected chi connectivity index (χ1v) is 8.29. The predicted octanol–water partition coefficient (Wildman–Crippen LogP) is 2.43. The molecule has 0 bridgehead atoms. The van der Waals surface area contributed by atoms with Gasteiger partial charge in [-0.2, -0.15) is 0 Å². The molecule has 0 aromatic heterocycles. The van der Waals surface area contributed by atoms with E-state index < -0.39 is 10.0 Å². The lowest BCUT2D eigenvalue weighted by Gasteiger charge is -2.14. The highest BCUT2D eigenvalue weighted by molar-refractivity contribution is 7.89. The van der Waals surface area contributed by atoms with Gasteiger partial charge in [-0.25, -0.2) is 8.42 Å². The molecule has 1 N–H and O–H groups in total. The predicted molar refractivity (Wildman–Crippen MR) is 87.5 cm³/mol.